The Morgan fingerprint density at radius 3 is 2.52 bits per heavy atom. The van der Waals surface area contributed by atoms with Crippen LogP contribution in [0.3, 0.4) is 0 Å². The van der Waals surface area contributed by atoms with E-state index < -0.39 is 5.97 Å². The number of carbonyl (C=O) groups is 2. The number of unbranched alkanes of at least 4 members (excludes halogenated alkanes) is 5. The molecule has 31 heavy (non-hydrogen) atoms. The Morgan fingerprint density at radius 1 is 1.03 bits per heavy atom. The highest BCUT2D eigenvalue weighted by molar-refractivity contribution is 6.33. The largest absolute Gasteiger partial charge is 0.493 e. The van der Waals surface area contributed by atoms with Crippen LogP contribution in [0.1, 0.15) is 67.8 Å². The third kappa shape index (κ3) is 8.42. The van der Waals surface area contributed by atoms with Crippen molar-refractivity contribution < 1.29 is 19.1 Å². The van der Waals surface area contributed by atoms with E-state index in [1.165, 1.54) is 32.6 Å². The Labute approximate surface area is 188 Å². The maximum Gasteiger partial charge on any atom is 0.345 e. The summed E-state index contributed by atoms with van der Waals surface area (Å²) in [5.41, 5.74) is 3.49. The number of hydrazone groups is 1. The number of benzene rings is 2. The first kappa shape index (κ1) is 24.4. The number of esters is 1. The number of methoxy groups -OCH3 is 1. The first-order valence-corrected chi connectivity index (χ1v) is 10.9. The minimum Gasteiger partial charge on any atom is -0.493 e. The SMILES string of the molecule is CCCCCCCCC(=O)NN=Cc1ccc(OC(=O)c2ccccc2Cl)c(OC)c1. The van der Waals surface area contributed by atoms with Crippen molar-refractivity contribution in [3.63, 3.8) is 0 Å². The molecule has 0 heterocycles. The van der Waals surface area contributed by atoms with Crippen molar-refractivity contribution in [2.75, 3.05) is 7.11 Å². The minimum atomic E-state index is -0.577. The Hall–Kier alpha value is -2.86. The Morgan fingerprint density at radius 2 is 1.77 bits per heavy atom. The summed E-state index contributed by atoms with van der Waals surface area (Å²) >= 11 is 6.04. The van der Waals surface area contributed by atoms with Crippen LogP contribution in [0.2, 0.25) is 5.02 Å². The van der Waals surface area contributed by atoms with Crippen LogP contribution in [0.15, 0.2) is 47.6 Å². The van der Waals surface area contributed by atoms with E-state index in [-0.39, 0.29) is 17.2 Å². The zero-order valence-electron chi connectivity index (χ0n) is 18.0. The number of nitrogens with zero attached hydrogens (tertiary/aromatic N) is 1. The second-order valence-electron chi connectivity index (χ2n) is 7.09. The molecule has 0 fully saturated rings. The van der Waals surface area contributed by atoms with Crippen LogP contribution in [-0.2, 0) is 4.79 Å². The molecular weight excluding hydrogens is 416 g/mol. The van der Waals surface area contributed by atoms with Crippen LogP contribution in [0, 0.1) is 0 Å². The molecule has 2 rings (SSSR count). The van der Waals surface area contributed by atoms with Crippen LogP contribution in [0.5, 0.6) is 11.5 Å². The van der Waals surface area contributed by atoms with E-state index in [1.54, 1.807) is 42.5 Å². The lowest BCUT2D eigenvalue weighted by Gasteiger charge is -2.10. The van der Waals surface area contributed by atoms with E-state index in [2.05, 4.69) is 17.5 Å². The molecule has 0 aliphatic heterocycles. The minimum absolute atomic E-state index is 0.107. The molecule has 1 N–H and O–H groups in total. The molecule has 0 atom stereocenters. The van der Waals surface area contributed by atoms with Gasteiger partial charge in [0.1, 0.15) is 0 Å². The van der Waals surface area contributed by atoms with Crippen LogP contribution >= 0.6 is 11.6 Å². The zero-order chi connectivity index (χ0) is 22.5. The number of hydrogen-bond donors (Lipinski definition) is 1. The number of carbonyl (C=O) groups excluding carboxylic acids is 2. The van der Waals surface area contributed by atoms with Gasteiger partial charge in [-0.2, -0.15) is 5.10 Å². The molecule has 6 nitrogen and oxygen atoms in total. The summed E-state index contributed by atoms with van der Waals surface area (Å²) in [6.45, 7) is 2.18. The third-order valence-electron chi connectivity index (χ3n) is 4.64. The normalized spacial score (nSPS) is 10.8. The van der Waals surface area contributed by atoms with Gasteiger partial charge in [-0.3, -0.25) is 4.79 Å². The van der Waals surface area contributed by atoms with Gasteiger partial charge in [-0.15, -0.1) is 0 Å². The van der Waals surface area contributed by atoms with Gasteiger partial charge in [0.05, 0.1) is 23.9 Å². The first-order chi connectivity index (χ1) is 15.0. The Kier molecular flexibility index (Phi) is 10.6. The van der Waals surface area contributed by atoms with Crippen LogP contribution in [-0.4, -0.2) is 25.2 Å². The smallest absolute Gasteiger partial charge is 0.345 e. The highest BCUT2D eigenvalue weighted by Crippen LogP contribution is 2.29. The Bertz CT molecular complexity index is 899. The summed E-state index contributed by atoms with van der Waals surface area (Å²) in [6.07, 6.45) is 8.75. The molecule has 0 radical (unpaired) electrons. The van der Waals surface area contributed by atoms with E-state index in [9.17, 15) is 9.59 Å². The van der Waals surface area contributed by atoms with Gasteiger partial charge >= 0.3 is 5.97 Å². The summed E-state index contributed by atoms with van der Waals surface area (Å²) in [7, 11) is 1.48. The Balaban J connectivity index is 1.87. The quantitative estimate of drug-likeness (QED) is 0.148. The van der Waals surface area contributed by atoms with Gasteiger partial charge in [-0.1, -0.05) is 62.8 Å². The van der Waals surface area contributed by atoms with Gasteiger partial charge < -0.3 is 9.47 Å². The molecule has 0 aliphatic rings. The molecule has 0 bridgehead atoms. The van der Waals surface area contributed by atoms with Crippen LogP contribution in [0.4, 0.5) is 0 Å². The van der Waals surface area contributed by atoms with Gasteiger partial charge in [-0.05, 0) is 42.3 Å². The molecule has 7 heteroatoms. The average molecular weight is 445 g/mol. The van der Waals surface area contributed by atoms with Crippen LogP contribution in [0.25, 0.3) is 0 Å². The first-order valence-electron chi connectivity index (χ1n) is 10.5. The van der Waals surface area contributed by atoms with Crippen molar-refractivity contribution in [3.8, 4) is 11.5 Å². The monoisotopic (exact) mass is 444 g/mol. The predicted molar refractivity (Wildman–Crippen MR) is 123 cm³/mol. The number of amides is 1. The fourth-order valence-corrected chi connectivity index (χ4v) is 3.14. The van der Waals surface area contributed by atoms with Crippen molar-refractivity contribution in [3.05, 3.63) is 58.6 Å². The van der Waals surface area contributed by atoms with Crippen LogP contribution < -0.4 is 14.9 Å². The number of nitrogens with one attached hydrogen (secondary N) is 1. The molecule has 0 unspecified atom stereocenters. The van der Waals surface area contributed by atoms with Gasteiger partial charge in [0, 0.05) is 6.42 Å². The van der Waals surface area contributed by atoms with Gasteiger partial charge in [0.25, 0.3) is 0 Å². The van der Waals surface area contributed by atoms with Crippen molar-refractivity contribution in [2.45, 2.75) is 51.9 Å². The lowest BCUT2D eigenvalue weighted by Crippen LogP contribution is -2.16. The molecular formula is C24H29ClN2O4. The molecule has 166 valence electrons. The number of hydrogen-bond acceptors (Lipinski definition) is 5. The third-order valence-corrected chi connectivity index (χ3v) is 4.97. The van der Waals surface area contributed by atoms with E-state index in [1.807, 2.05) is 0 Å². The second kappa shape index (κ2) is 13.4. The number of halogens is 1. The van der Waals surface area contributed by atoms with E-state index >= 15 is 0 Å². The average Bonchev–Trinajstić information content (AvgIpc) is 2.77. The molecule has 0 aromatic heterocycles. The summed E-state index contributed by atoms with van der Waals surface area (Å²) in [5.74, 6) is -0.0595. The van der Waals surface area contributed by atoms with Gasteiger partial charge in [-0.25, -0.2) is 10.2 Å². The fraction of sp³-hybridized carbons (Fsp3) is 0.375. The summed E-state index contributed by atoms with van der Waals surface area (Å²) in [5, 5.41) is 4.30. The van der Waals surface area contributed by atoms with Crippen molar-refractivity contribution in [1.82, 2.24) is 5.43 Å². The molecule has 0 spiro atoms. The fourth-order valence-electron chi connectivity index (χ4n) is 2.93. The van der Waals surface area contributed by atoms with Gasteiger partial charge in [0.2, 0.25) is 5.91 Å². The molecule has 2 aromatic carbocycles. The lowest BCUT2D eigenvalue weighted by atomic mass is 10.1. The van der Waals surface area contributed by atoms with Gasteiger partial charge in [0.15, 0.2) is 11.5 Å². The molecule has 0 saturated heterocycles. The maximum atomic E-state index is 12.4. The summed E-state index contributed by atoms with van der Waals surface area (Å²) < 4.78 is 10.7. The highest BCUT2D eigenvalue weighted by atomic mass is 35.5. The zero-order valence-corrected chi connectivity index (χ0v) is 18.8. The molecule has 2 aromatic rings. The highest BCUT2D eigenvalue weighted by Gasteiger charge is 2.15. The van der Waals surface area contributed by atoms with Crippen molar-refractivity contribution in [1.29, 1.82) is 0 Å². The summed E-state index contributed by atoms with van der Waals surface area (Å²) in [6, 6.07) is 11.6. The number of ether oxygens (including phenoxy) is 2. The topological polar surface area (TPSA) is 77.0 Å². The van der Waals surface area contributed by atoms with E-state index in [0.29, 0.717) is 22.8 Å². The van der Waals surface area contributed by atoms with E-state index in [4.69, 9.17) is 21.1 Å². The van der Waals surface area contributed by atoms with E-state index in [0.717, 1.165) is 19.3 Å². The predicted octanol–water partition coefficient (Wildman–Crippen LogP) is 5.77. The molecule has 1 amide bonds. The lowest BCUT2D eigenvalue weighted by molar-refractivity contribution is -0.121. The number of rotatable bonds is 12. The second-order valence-corrected chi connectivity index (χ2v) is 7.50. The molecule has 0 saturated carbocycles. The summed E-state index contributed by atoms with van der Waals surface area (Å²) in [4.78, 5) is 24.2. The standard InChI is InChI=1S/C24H29ClN2O4/c1-3-4-5-6-7-8-13-23(28)27-26-17-18-14-15-21(22(16-18)30-2)31-24(29)19-11-9-10-12-20(19)25/h9-12,14-17H,3-8,13H2,1-2H3,(H,27,28). The molecule has 0 aliphatic carbocycles. The van der Waals surface area contributed by atoms with Crippen molar-refractivity contribution >= 4 is 29.7 Å². The maximum absolute atomic E-state index is 12.4. The van der Waals surface area contributed by atoms with Crippen molar-refractivity contribution in [2.24, 2.45) is 5.10 Å².